The Bertz CT molecular complexity index is 861. The number of anilines is 1. The molecular weight excluding hydrogens is 322 g/mol. The summed E-state index contributed by atoms with van der Waals surface area (Å²) in [5.74, 6) is 0.926. The van der Waals surface area contributed by atoms with Crippen LogP contribution in [0.15, 0.2) is 48.5 Å². The van der Waals surface area contributed by atoms with Crippen LogP contribution in [0.25, 0.3) is 11.0 Å². The monoisotopic (exact) mass is 341 g/mol. The first-order chi connectivity index (χ1) is 11.7. The Morgan fingerprint density at radius 1 is 1.17 bits per heavy atom. The first-order valence-electron chi connectivity index (χ1n) is 8.33. The van der Waals surface area contributed by atoms with Crippen molar-refractivity contribution in [1.82, 2.24) is 9.55 Å². The molecule has 5 heteroatoms. The fourth-order valence-corrected chi connectivity index (χ4v) is 3.63. The fourth-order valence-electron chi connectivity index (χ4n) is 3.41. The SMILES string of the molecule is O[C@@H]1CCCN(c2nc3ccccc3n2Cc2cccc(Cl)c2)C1. The molecule has 1 aliphatic rings. The minimum atomic E-state index is -0.279. The minimum absolute atomic E-state index is 0.279. The van der Waals surface area contributed by atoms with E-state index in [0.717, 1.165) is 47.0 Å². The third kappa shape index (κ3) is 2.99. The largest absolute Gasteiger partial charge is 0.391 e. The van der Waals surface area contributed by atoms with Gasteiger partial charge >= 0.3 is 0 Å². The molecule has 1 aromatic heterocycles. The van der Waals surface area contributed by atoms with Gasteiger partial charge in [-0.3, -0.25) is 0 Å². The summed E-state index contributed by atoms with van der Waals surface area (Å²) >= 11 is 6.14. The fraction of sp³-hybridized carbons (Fsp3) is 0.316. The summed E-state index contributed by atoms with van der Waals surface area (Å²) in [6.45, 7) is 2.28. The average Bonchev–Trinajstić information content (AvgIpc) is 2.94. The number of aliphatic hydroxyl groups excluding tert-OH is 1. The number of piperidine rings is 1. The van der Waals surface area contributed by atoms with Crippen LogP contribution in [0.3, 0.4) is 0 Å². The van der Waals surface area contributed by atoms with E-state index in [4.69, 9.17) is 16.6 Å². The number of para-hydroxylation sites is 2. The molecule has 1 atom stereocenters. The second-order valence-electron chi connectivity index (χ2n) is 6.36. The number of benzene rings is 2. The summed E-state index contributed by atoms with van der Waals surface area (Å²) in [6.07, 6.45) is 1.57. The topological polar surface area (TPSA) is 41.3 Å². The lowest BCUT2D eigenvalue weighted by atomic mass is 10.1. The Balaban J connectivity index is 1.78. The molecule has 0 bridgehead atoms. The highest BCUT2D eigenvalue weighted by atomic mass is 35.5. The van der Waals surface area contributed by atoms with Gasteiger partial charge in [-0.25, -0.2) is 4.98 Å². The molecule has 2 aromatic carbocycles. The summed E-state index contributed by atoms with van der Waals surface area (Å²) in [4.78, 5) is 7.03. The smallest absolute Gasteiger partial charge is 0.206 e. The number of halogens is 1. The molecule has 3 aromatic rings. The van der Waals surface area contributed by atoms with Gasteiger partial charge in [0.2, 0.25) is 5.95 Å². The lowest BCUT2D eigenvalue weighted by molar-refractivity contribution is 0.153. The van der Waals surface area contributed by atoms with Crippen molar-refractivity contribution in [3.05, 3.63) is 59.1 Å². The number of fused-ring (bicyclic) bond motifs is 1. The number of β-amino-alcohol motifs (C(OH)–C–C–N with tert-alkyl or cyclic N) is 1. The Kier molecular flexibility index (Phi) is 4.17. The van der Waals surface area contributed by atoms with Crippen LogP contribution in [0.4, 0.5) is 5.95 Å². The number of hydrogen-bond acceptors (Lipinski definition) is 3. The van der Waals surface area contributed by atoms with Gasteiger partial charge in [0.05, 0.1) is 23.7 Å². The van der Waals surface area contributed by atoms with Gasteiger partial charge in [-0.1, -0.05) is 35.9 Å². The first-order valence-corrected chi connectivity index (χ1v) is 8.71. The van der Waals surface area contributed by atoms with Gasteiger partial charge < -0.3 is 14.6 Å². The predicted molar refractivity (Wildman–Crippen MR) is 97.7 cm³/mol. The number of rotatable bonds is 3. The second-order valence-corrected chi connectivity index (χ2v) is 6.80. The third-order valence-corrected chi connectivity index (χ3v) is 4.78. The highest BCUT2D eigenvalue weighted by Crippen LogP contribution is 2.26. The van der Waals surface area contributed by atoms with Crippen LogP contribution in [-0.2, 0) is 6.54 Å². The van der Waals surface area contributed by atoms with Gasteiger partial charge in [-0.15, -0.1) is 0 Å². The lowest BCUT2D eigenvalue weighted by Crippen LogP contribution is -2.39. The molecule has 1 N–H and O–H groups in total. The van der Waals surface area contributed by atoms with Gasteiger partial charge in [0.15, 0.2) is 0 Å². The van der Waals surface area contributed by atoms with E-state index in [1.807, 2.05) is 36.4 Å². The number of hydrogen-bond donors (Lipinski definition) is 1. The van der Waals surface area contributed by atoms with Crippen molar-refractivity contribution in [2.75, 3.05) is 18.0 Å². The van der Waals surface area contributed by atoms with Crippen LogP contribution in [0, 0.1) is 0 Å². The van der Waals surface area contributed by atoms with E-state index in [1.165, 1.54) is 0 Å². The molecule has 0 spiro atoms. The zero-order valence-electron chi connectivity index (χ0n) is 13.4. The second kappa shape index (κ2) is 6.46. The maximum absolute atomic E-state index is 10.0. The maximum atomic E-state index is 10.0. The molecule has 4 nitrogen and oxygen atoms in total. The molecule has 1 fully saturated rings. The van der Waals surface area contributed by atoms with Crippen LogP contribution in [0.2, 0.25) is 5.02 Å². The normalized spacial score (nSPS) is 18.2. The number of aliphatic hydroxyl groups is 1. The third-order valence-electron chi connectivity index (χ3n) is 4.54. The quantitative estimate of drug-likeness (QED) is 0.789. The highest BCUT2D eigenvalue weighted by molar-refractivity contribution is 6.30. The molecule has 0 radical (unpaired) electrons. The van der Waals surface area contributed by atoms with Crippen molar-refractivity contribution in [2.45, 2.75) is 25.5 Å². The molecule has 0 saturated carbocycles. The van der Waals surface area contributed by atoms with E-state index in [-0.39, 0.29) is 6.10 Å². The van der Waals surface area contributed by atoms with Crippen molar-refractivity contribution < 1.29 is 5.11 Å². The lowest BCUT2D eigenvalue weighted by Gasteiger charge is -2.31. The van der Waals surface area contributed by atoms with Crippen LogP contribution in [0.5, 0.6) is 0 Å². The zero-order chi connectivity index (χ0) is 16.5. The molecule has 2 heterocycles. The molecule has 0 aliphatic carbocycles. The summed E-state index contributed by atoms with van der Waals surface area (Å²) in [7, 11) is 0. The van der Waals surface area contributed by atoms with Crippen molar-refractivity contribution in [2.24, 2.45) is 0 Å². The summed E-state index contributed by atoms with van der Waals surface area (Å²) in [5.41, 5.74) is 3.23. The van der Waals surface area contributed by atoms with Crippen molar-refractivity contribution in [3.8, 4) is 0 Å². The average molecular weight is 342 g/mol. The van der Waals surface area contributed by atoms with Crippen LogP contribution in [0.1, 0.15) is 18.4 Å². The molecule has 1 saturated heterocycles. The van der Waals surface area contributed by atoms with Crippen LogP contribution in [-0.4, -0.2) is 33.9 Å². The van der Waals surface area contributed by atoms with E-state index in [2.05, 4.69) is 21.6 Å². The summed E-state index contributed by atoms with van der Waals surface area (Å²) < 4.78 is 2.22. The Labute approximate surface area is 146 Å². The Morgan fingerprint density at radius 3 is 2.88 bits per heavy atom. The zero-order valence-corrected chi connectivity index (χ0v) is 14.2. The van der Waals surface area contributed by atoms with E-state index in [1.54, 1.807) is 0 Å². The molecule has 0 amide bonds. The highest BCUT2D eigenvalue weighted by Gasteiger charge is 2.23. The Hall–Kier alpha value is -2.04. The minimum Gasteiger partial charge on any atom is -0.391 e. The molecule has 4 rings (SSSR count). The van der Waals surface area contributed by atoms with Gasteiger partial charge in [0, 0.05) is 18.1 Å². The van der Waals surface area contributed by atoms with Crippen LogP contribution >= 0.6 is 11.6 Å². The van der Waals surface area contributed by atoms with Crippen molar-refractivity contribution in [3.63, 3.8) is 0 Å². The van der Waals surface area contributed by atoms with Gasteiger partial charge in [-0.2, -0.15) is 0 Å². The standard InChI is InChI=1S/C19H20ClN3O/c20-15-6-3-5-14(11-15)12-23-18-9-2-1-8-17(18)21-19(23)22-10-4-7-16(24)13-22/h1-3,5-6,8-9,11,16,24H,4,7,10,12-13H2/t16-/m1/s1. The number of imidazole rings is 1. The Morgan fingerprint density at radius 2 is 2.04 bits per heavy atom. The molecule has 124 valence electrons. The van der Waals surface area contributed by atoms with E-state index in [0.29, 0.717) is 13.1 Å². The van der Waals surface area contributed by atoms with Gasteiger partial charge in [-0.05, 0) is 42.7 Å². The van der Waals surface area contributed by atoms with Gasteiger partial charge in [0.1, 0.15) is 0 Å². The van der Waals surface area contributed by atoms with Crippen molar-refractivity contribution in [1.29, 1.82) is 0 Å². The van der Waals surface area contributed by atoms with Crippen LogP contribution < -0.4 is 4.90 Å². The number of nitrogens with zero attached hydrogens (tertiary/aromatic N) is 3. The summed E-state index contributed by atoms with van der Waals surface area (Å²) in [5, 5.41) is 10.8. The predicted octanol–water partition coefficient (Wildman–Crippen LogP) is 3.70. The maximum Gasteiger partial charge on any atom is 0.206 e. The molecular formula is C19H20ClN3O. The molecule has 0 unspecified atom stereocenters. The van der Waals surface area contributed by atoms with E-state index < -0.39 is 0 Å². The summed E-state index contributed by atoms with van der Waals surface area (Å²) in [6, 6.07) is 16.1. The van der Waals surface area contributed by atoms with Gasteiger partial charge in [0.25, 0.3) is 0 Å². The molecule has 24 heavy (non-hydrogen) atoms. The van der Waals surface area contributed by atoms with E-state index in [9.17, 15) is 5.11 Å². The van der Waals surface area contributed by atoms with Crippen molar-refractivity contribution >= 4 is 28.6 Å². The first kappa shape index (κ1) is 15.5. The number of aromatic nitrogens is 2. The van der Waals surface area contributed by atoms with E-state index >= 15 is 0 Å². The molecule has 1 aliphatic heterocycles.